The monoisotopic (exact) mass is 256 g/mol. The Hall–Kier alpha value is -0.410. The lowest BCUT2D eigenvalue weighted by Crippen LogP contribution is -2.20. The van der Waals surface area contributed by atoms with Gasteiger partial charge < -0.3 is 0 Å². The van der Waals surface area contributed by atoms with Crippen LogP contribution in [0.3, 0.4) is 0 Å². The van der Waals surface area contributed by atoms with Crippen LogP contribution < -0.4 is 0 Å². The van der Waals surface area contributed by atoms with Crippen molar-refractivity contribution in [3.63, 3.8) is 0 Å². The van der Waals surface area contributed by atoms with Gasteiger partial charge >= 0.3 is 0 Å². The lowest BCUT2D eigenvalue weighted by molar-refractivity contribution is 0.112. The summed E-state index contributed by atoms with van der Waals surface area (Å²) >= 11 is 0. The fourth-order valence-corrected chi connectivity index (χ4v) is 9.36. The molecular formula is C13H20OS2. The minimum absolute atomic E-state index is 0.633. The number of carbonyl (C=O) groups excluding carboxylic acids is 1. The van der Waals surface area contributed by atoms with Crippen LogP contribution >= 0.6 is 20.1 Å². The Bertz CT molecular complexity index is 436. The topological polar surface area (TPSA) is 17.1 Å². The molecule has 0 atom stereocenters. The summed E-state index contributed by atoms with van der Waals surface area (Å²) in [6.07, 6.45) is 10.5. The fraction of sp³-hybridized carbons (Fsp3) is 0.462. The standard InChI is InChI=1S/C13H20OS2/c1-15(2)7-8-16(3,4)13-9-11(10-14)5-6-12(13)15/h5-6,9-10H,7-8H2,1-4H3. The Balaban J connectivity index is 2.65. The van der Waals surface area contributed by atoms with Gasteiger partial charge in [-0.05, 0) is 48.7 Å². The molecule has 0 bridgehead atoms. The van der Waals surface area contributed by atoms with Crippen molar-refractivity contribution in [3.8, 4) is 0 Å². The predicted molar refractivity (Wildman–Crippen MR) is 77.0 cm³/mol. The molecule has 1 aromatic carbocycles. The van der Waals surface area contributed by atoms with Gasteiger partial charge in [0.25, 0.3) is 0 Å². The zero-order valence-corrected chi connectivity index (χ0v) is 12.1. The van der Waals surface area contributed by atoms with Crippen LogP contribution in [0.25, 0.3) is 0 Å². The second-order valence-electron chi connectivity index (χ2n) is 5.31. The van der Waals surface area contributed by atoms with Gasteiger partial charge in [0.15, 0.2) is 0 Å². The number of benzene rings is 1. The summed E-state index contributed by atoms with van der Waals surface area (Å²) in [5, 5.41) is 0. The summed E-state index contributed by atoms with van der Waals surface area (Å²) in [6, 6.07) is 6.30. The first kappa shape index (κ1) is 12.1. The average Bonchev–Trinajstić information content (AvgIpc) is 2.24. The number of hydrogen-bond acceptors (Lipinski definition) is 1. The summed E-state index contributed by atoms with van der Waals surface area (Å²) in [6.45, 7) is 0. The maximum Gasteiger partial charge on any atom is 0.150 e. The van der Waals surface area contributed by atoms with Crippen molar-refractivity contribution < 1.29 is 4.79 Å². The highest BCUT2D eigenvalue weighted by atomic mass is 32.3. The number of carbonyl (C=O) groups is 1. The summed E-state index contributed by atoms with van der Waals surface area (Å²) in [5.74, 6) is 2.65. The third-order valence-corrected chi connectivity index (χ3v) is 9.31. The molecule has 0 saturated carbocycles. The number of fused-ring (bicyclic) bond motifs is 1. The molecule has 1 nitrogen and oxygen atoms in total. The molecule has 2 rings (SSSR count). The van der Waals surface area contributed by atoms with Crippen LogP contribution in [-0.4, -0.2) is 42.8 Å². The fourth-order valence-electron chi connectivity index (χ4n) is 2.12. The first-order valence-electron chi connectivity index (χ1n) is 5.38. The molecule has 3 heteroatoms. The van der Waals surface area contributed by atoms with Gasteiger partial charge in [0, 0.05) is 15.4 Å². The Kier molecular flexibility index (Phi) is 2.87. The first-order chi connectivity index (χ1) is 7.37. The van der Waals surface area contributed by atoms with E-state index in [1.54, 1.807) is 0 Å². The van der Waals surface area contributed by atoms with E-state index in [1.165, 1.54) is 21.3 Å². The number of aldehydes is 1. The Labute approximate surface area is 101 Å². The van der Waals surface area contributed by atoms with Gasteiger partial charge in [-0.25, -0.2) is 20.1 Å². The normalized spacial score (nSPS) is 25.2. The summed E-state index contributed by atoms with van der Waals surface area (Å²) < 4.78 is 0. The smallest absolute Gasteiger partial charge is 0.150 e. The van der Waals surface area contributed by atoms with E-state index in [1.807, 2.05) is 6.07 Å². The van der Waals surface area contributed by atoms with E-state index in [2.05, 4.69) is 37.2 Å². The van der Waals surface area contributed by atoms with Crippen molar-refractivity contribution in [2.24, 2.45) is 0 Å². The molecule has 0 fully saturated rings. The minimum Gasteiger partial charge on any atom is -0.298 e. The van der Waals surface area contributed by atoms with Gasteiger partial charge in [0.05, 0.1) is 0 Å². The van der Waals surface area contributed by atoms with Crippen LogP contribution in [0.1, 0.15) is 10.4 Å². The lowest BCUT2D eigenvalue weighted by Gasteiger charge is -2.47. The third kappa shape index (κ3) is 1.91. The molecule has 0 radical (unpaired) electrons. The molecule has 1 aromatic rings. The van der Waals surface area contributed by atoms with Crippen molar-refractivity contribution in [3.05, 3.63) is 23.8 Å². The Morgan fingerprint density at radius 1 is 1.00 bits per heavy atom. The van der Waals surface area contributed by atoms with Crippen LogP contribution in [0.2, 0.25) is 0 Å². The zero-order chi connectivity index (χ0) is 12.0. The van der Waals surface area contributed by atoms with Gasteiger partial charge in [-0.2, -0.15) is 0 Å². The molecular weight excluding hydrogens is 236 g/mol. The van der Waals surface area contributed by atoms with Crippen molar-refractivity contribution >= 4 is 26.3 Å². The molecule has 1 heterocycles. The highest BCUT2D eigenvalue weighted by Crippen LogP contribution is 2.66. The SMILES string of the molecule is CS1(C)CCS(C)(C)c2cc(C=O)ccc21. The van der Waals surface area contributed by atoms with Gasteiger partial charge in [-0.1, -0.05) is 6.07 Å². The van der Waals surface area contributed by atoms with E-state index < -0.39 is 20.1 Å². The molecule has 0 unspecified atom stereocenters. The van der Waals surface area contributed by atoms with Crippen LogP contribution in [-0.2, 0) is 0 Å². The van der Waals surface area contributed by atoms with Gasteiger partial charge in [0.2, 0.25) is 0 Å². The summed E-state index contributed by atoms with van der Waals surface area (Å²) in [4.78, 5) is 13.9. The predicted octanol–water partition coefficient (Wildman–Crippen LogP) is 3.36. The van der Waals surface area contributed by atoms with E-state index in [0.29, 0.717) is 0 Å². The van der Waals surface area contributed by atoms with Gasteiger partial charge in [0.1, 0.15) is 6.29 Å². The molecule has 1 aliphatic heterocycles. The average molecular weight is 256 g/mol. The molecule has 16 heavy (non-hydrogen) atoms. The van der Waals surface area contributed by atoms with Crippen LogP contribution in [0.5, 0.6) is 0 Å². The van der Waals surface area contributed by atoms with Crippen molar-refractivity contribution in [2.45, 2.75) is 9.79 Å². The highest BCUT2D eigenvalue weighted by molar-refractivity contribution is 8.38. The van der Waals surface area contributed by atoms with E-state index >= 15 is 0 Å². The maximum absolute atomic E-state index is 10.9. The lowest BCUT2D eigenvalue weighted by atomic mass is 10.2. The second-order valence-corrected chi connectivity index (χ2v) is 13.2. The van der Waals surface area contributed by atoms with Crippen molar-refractivity contribution in [1.29, 1.82) is 0 Å². The molecule has 0 N–H and O–H groups in total. The van der Waals surface area contributed by atoms with Crippen LogP contribution in [0.15, 0.2) is 28.0 Å². The molecule has 90 valence electrons. The molecule has 0 spiro atoms. The highest BCUT2D eigenvalue weighted by Gasteiger charge is 2.31. The molecule has 0 aromatic heterocycles. The number of hydrogen-bond donors (Lipinski definition) is 0. The zero-order valence-electron chi connectivity index (χ0n) is 10.4. The third-order valence-electron chi connectivity index (χ3n) is 3.40. The van der Waals surface area contributed by atoms with E-state index in [9.17, 15) is 4.79 Å². The van der Waals surface area contributed by atoms with Crippen LogP contribution in [0, 0.1) is 0 Å². The largest absolute Gasteiger partial charge is 0.298 e. The maximum atomic E-state index is 10.9. The van der Waals surface area contributed by atoms with Crippen LogP contribution in [0.4, 0.5) is 0 Å². The van der Waals surface area contributed by atoms with E-state index in [4.69, 9.17) is 0 Å². The summed E-state index contributed by atoms with van der Waals surface area (Å²) in [5.41, 5.74) is 0.830. The van der Waals surface area contributed by atoms with E-state index in [-0.39, 0.29) is 0 Å². The molecule has 0 saturated heterocycles. The Morgan fingerprint density at radius 3 is 2.12 bits per heavy atom. The van der Waals surface area contributed by atoms with Gasteiger partial charge in [-0.15, -0.1) is 0 Å². The summed E-state index contributed by atoms with van der Waals surface area (Å²) in [7, 11) is -1.32. The van der Waals surface area contributed by atoms with Crippen molar-refractivity contribution in [1.82, 2.24) is 0 Å². The number of rotatable bonds is 1. The van der Waals surface area contributed by atoms with Gasteiger partial charge in [-0.3, -0.25) is 4.79 Å². The van der Waals surface area contributed by atoms with Crippen molar-refractivity contribution in [2.75, 3.05) is 36.5 Å². The molecule has 0 aliphatic carbocycles. The molecule has 1 aliphatic rings. The quantitative estimate of drug-likeness (QED) is 0.704. The molecule has 0 amide bonds. The second kappa shape index (κ2) is 3.81. The minimum atomic E-state index is -0.684. The first-order valence-corrected chi connectivity index (χ1v) is 10.6. The van der Waals surface area contributed by atoms with E-state index in [0.717, 1.165) is 11.8 Å². The Morgan fingerprint density at radius 2 is 1.56 bits per heavy atom.